The third kappa shape index (κ3) is 5.14. The third-order valence-electron chi connectivity index (χ3n) is 5.87. The van der Waals surface area contributed by atoms with Gasteiger partial charge in [0.25, 0.3) is 0 Å². The van der Waals surface area contributed by atoms with Gasteiger partial charge in [-0.05, 0) is 67.7 Å². The Labute approximate surface area is 187 Å². The van der Waals surface area contributed by atoms with E-state index in [9.17, 15) is 18.3 Å². The number of benzene rings is 2. The molecule has 166 valence electrons. The van der Waals surface area contributed by atoms with E-state index in [2.05, 4.69) is 4.90 Å². The van der Waals surface area contributed by atoms with Crippen LogP contribution in [-0.4, -0.2) is 34.2 Å². The number of alkyl halides is 3. The highest BCUT2D eigenvalue weighted by Crippen LogP contribution is 2.30. The van der Waals surface area contributed by atoms with Crippen LogP contribution in [0.25, 0.3) is 10.2 Å². The summed E-state index contributed by atoms with van der Waals surface area (Å²) in [6.07, 6.45) is -3.31. The molecule has 0 radical (unpaired) electrons. The number of hydrogen-bond acceptors (Lipinski definition) is 4. The number of β-amino-alcohol motifs (C(OH)–C–C–N with tert-alkyl or cyclic N) is 1. The van der Waals surface area contributed by atoms with Crippen LogP contribution in [0.5, 0.6) is 0 Å². The summed E-state index contributed by atoms with van der Waals surface area (Å²) in [6, 6.07) is 10.4. The highest BCUT2D eigenvalue weighted by molar-refractivity contribution is 7.16. The first-order valence-corrected chi connectivity index (χ1v) is 11.3. The van der Waals surface area contributed by atoms with Crippen molar-refractivity contribution < 1.29 is 18.3 Å². The molecule has 2 N–H and O–H groups in total. The molecule has 1 aromatic heterocycles. The van der Waals surface area contributed by atoms with E-state index >= 15 is 0 Å². The zero-order valence-electron chi connectivity index (χ0n) is 16.7. The molecule has 1 atom stereocenters. The van der Waals surface area contributed by atoms with Gasteiger partial charge in [0.15, 0.2) is 4.80 Å². The summed E-state index contributed by atoms with van der Waals surface area (Å²) in [7, 11) is 0. The summed E-state index contributed by atoms with van der Waals surface area (Å²) in [5, 5.41) is 19.4. The van der Waals surface area contributed by atoms with Crippen molar-refractivity contribution in [3.63, 3.8) is 0 Å². The van der Waals surface area contributed by atoms with Crippen LogP contribution in [0.4, 0.5) is 13.2 Å². The maximum atomic E-state index is 12.7. The summed E-state index contributed by atoms with van der Waals surface area (Å²) in [6.45, 7) is 2.79. The molecule has 0 spiro atoms. The van der Waals surface area contributed by atoms with E-state index in [1.807, 2.05) is 22.8 Å². The minimum absolute atomic E-state index is 0.398. The molecular weight excluding hydrogens is 447 g/mol. The van der Waals surface area contributed by atoms with Gasteiger partial charge in [0, 0.05) is 18.1 Å². The number of thiazole rings is 1. The first-order valence-electron chi connectivity index (χ1n) is 10.1. The Bertz CT molecular complexity index is 1100. The molecule has 0 unspecified atom stereocenters. The lowest BCUT2D eigenvalue weighted by Crippen LogP contribution is -2.38. The number of halogens is 4. The first-order chi connectivity index (χ1) is 14.7. The number of fused-ring (bicyclic) bond motifs is 1. The molecule has 2 heterocycles. The number of likely N-dealkylation sites (tertiary alicyclic amines) is 1. The Balaban J connectivity index is 1.33. The molecule has 0 aliphatic carbocycles. The molecule has 0 bridgehead atoms. The number of piperidine rings is 1. The van der Waals surface area contributed by atoms with E-state index in [4.69, 9.17) is 17.0 Å². The van der Waals surface area contributed by atoms with Crippen molar-refractivity contribution in [1.29, 1.82) is 5.41 Å². The van der Waals surface area contributed by atoms with Gasteiger partial charge in [-0.15, -0.1) is 0 Å². The van der Waals surface area contributed by atoms with Crippen LogP contribution in [0.15, 0.2) is 42.5 Å². The summed E-state index contributed by atoms with van der Waals surface area (Å²) in [5.74, 6) is 0.432. The minimum atomic E-state index is -4.37. The molecule has 3 aromatic rings. The minimum Gasteiger partial charge on any atom is -0.387 e. The molecule has 31 heavy (non-hydrogen) atoms. The van der Waals surface area contributed by atoms with Crippen molar-refractivity contribution in [1.82, 2.24) is 9.47 Å². The Morgan fingerprint density at radius 3 is 2.45 bits per heavy atom. The van der Waals surface area contributed by atoms with E-state index in [0.717, 1.165) is 54.8 Å². The lowest BCUT2D eigenvalue weighted by molar-refractivity contribution is -0.137. The van der Waals surface area contributed by atoms with Crippen molar-refractivity contribution in [2.24, 2.45) is 5.92 Å². The molecule has 1 aliphatic heterocycles. The Hall–Kier alpha value is -1.87. The Morgan fingerprint density at radius 2 is 1.81 bits per heavy atom. The lowest BCUT2D eigenvalue weighted by Gasteiger charge is -2.33. The van der Waals surface area contributed by atoms with Crippen LogP contribution in [0.3, 0.4) is 0 Å². The summed E-state index contributed by atoms with van der Waals surface area (Å²) in [5.41, 5.74) is 0.811. The molecule has 0 amide bonds. The monoisotopic (exact) mass is 469 g/mol. The number of rotatable bonds is 5. The maximum absolute atomic E-state index is 12.7. The van der Waals surface area contributed by atoms with Gasteiger partial charge in [0.05, 0.1) is 21.9 Å². The first kappa shape index (κ1) is 22.3. The molecule has 0 saturated carbocycles. The van der Waals surface area contributed by atoms with Gasteiger partial charge >= 0.3 is 6.18 Å². The van der Waals surface area contributed by atoms with Gasteiger partial charge in [-0.25, -0.2) is 0 Å². The van der Waals surface area contributed by atoms with Gasteiger partial charge in [-0.3, -0.25) is 5.41 Å². The largest absolute Gasteiger partial charge is 0.416 e. The Morgan fingerprint density at radius 1 is 1.13 bits per heavy atom. The van der Waals surface area contributed by atoms with Gasteiger partial charge < -0.3 is 14.6 Å². The zero-order chi connectivity index (χ0) is 22.2. The van der Waals surface area contributed by atoms with Crippen LogP contribution in [0.2, 0.25) is 5.02 Å². The smallest absolute Gasteiger partial charge is 0.387 e. The number of nitrogens with one attached hydrogen (secondary N) is 1. The van der Waals surface area contributed by atoms with Crippen LogP contribution >= 0.6 is 22.9 Å². The molecule has 1 aliphatic rings. The average Bonchev–Trinajstić information content (AvgIpc) is 3.03. The van der Waals surface area contributed by atoms with Crippen LogP contribution in [-0.2, 0) is 12.7 Å². The predicted octanol–water partition coefficient (Wildman–Crippen LogP) is 5.30. The highest BCUT2D eigenvalue weighted by atomic mass is 35.5. The SMILES string of the molecule is N=c1sc2cc(Cl)ccc2n1CC1CCN(C[C@H](O)c2ccc(C(F)(F)F)cc2)CC1. The predicted molar refractivity (Wildman–Crippen MR) is 116 cm³/mol. The van der Waals surface area contributed by atoms with Crippen molar-refractivity contribution in [2.75, 3.05) is 19.6 Å². The molecule has 4 nitrogen and oxygen atoms in total. The molecule has 9 heteroatoms. The third-order valence-corrected chi connectivity index (χ3v) is 7.06. The second-order valence-corrected chi connectivity index (χ2v) is 9.48. The van der Waals surface area contributed by atoms with Gasteiger partial charge in [-0.1, -0.05) is 35.1 Å². The van der Waals surface area contributed by atoms with Crippen molar-refractivity contribution >= 4 is 33.2 Å². The standard InChI is InChI=1S/C22H23ClF3N3OS/c23-17-5-6-18-20(11-17)31-21(27)29(18)12-14-7-9-28(10-8-14)13-19(30)15-1-3-16(4-2-15)22(24,25)26/h1-6,11,14,19,27,30H,7-10,12-13H2/t19-/m0/s1. The normalized spacial score (nSPS) is 17.3. The fourth-order valence-electron chi connectivity index (χ4n) is 4.10. The summed E-state index contributed by atoms with van der Waals surface area (Å²) < 4.78 is 41.2. The fourth-order valence-corrected chi connectivity index (χ4v) is 5.29. The van der Waals surface area contributed by atoms with E-state index in [-0.39, 0.29) is 0 Å². The van der Waals surface area contributed by atoms with Crippen molar-refractivity contribution in [3.05, 3.63) is 63.4 Å². The van der Waals surface area contributed by atoms with E-state index in [0.29, 0.717) is 27.9 Å². The second-order valence-electron chi connectivity index (χ2n) is 8.01. The van der Waals surface area contributed by atoms with E-state index < -0.39 is 17.8 Å². The van der Waals surface area contributed by atoms with Crippen LogP contribution in [0.1, 0.15) is 30.1 Å². The maximum Gasteiger partial charge on any atom is 0.416 e. The molecule has 1 saturated heterocycles. The van der Waals surface area contributed by atoms with Crippen LogP contribution < -0.4 is 4.80 Å². The molecular formula is C22H23ClF3N3OS. The number of nitrogens with zero attached hydrogens (tertiary/aromatic N) is 2. The summed E-state index contributed by atoms with van der Waals surface area (Å²) >= 11 is 7.48. The van der Waals surface area contributed by atoms with E-state index in [1.165, 1.54) is 23.5 Å². The highest BCUT2D eigenvalue weighted by Gasteiger charge is 2.30. The van der Waals surface area contributed by atoms with Crippen LogP contribution in [0, 0.1) is 11.3 Å². The second kappa shape index (κ2) is 8.94. The lowest BCUT2D eigenvalue weighted by atomic mass is 9.96. The molecule has 4 rings (SSSR count). The topological polar surface area (TPSA) is 52.2 Å². The number of aliphatic hydroxyl groups excluding tert-OH is 1. The number of aliphatic hydroxyl groups is 1. The fraction of sp³-hybridized carbons (Fsp3) is 0.409. The average molecular weight is 470 g/mol. The van der Waals surface area contributed by atoms with E-state index in [1.54, 1.807) is 0 Å². The van der Waals surface area contributed by atoms with Gasteiger partial charge in [0.1, 0.15) is 0 Å². The number of hydrogen-bond donors (Lipinski definition) is 2. The zero-order valence-corrected chi connectivity index (χ0v) is 18.3. The number of aromatic nitrogens is 1. The molecule has 1 fully saturated rings. The summed E-state index contributed by atoms with van der Waals surface area (Å²) in [4.78, 5) is 2.66. The molecule has 2 aromatic carbocycles. The van der Waals surface area contributed by atoms with Gasteiger partial charge in [0.2, 0.25) is 0 Å². The van der Waals surface area contributed by atoms with Crippen molar-refractivity contribution in [3.8, 4) is 0 Å². The Kier molecular flexibility index (Phi) is 6.44. The quantitative estimate of drug-likeness (QED) is 0.532. The van der Waals surface area contributed by atoms with Crippen molar-refractivity contribution in [2.45, 2.75) is 31.7 Å². The van der Waals surface area contributed by atoms with Gasteiger partial charge in [-0.2, -0.15) is 13.2 Å².